The largest absolute Gasteiger partial charge is 0.373 e. The highest BCUT2D eigenvalue weighted by Gasteiger charge is 2.27. The van der Waals surface area contributed by atoms with Crippen LogP contribution in [0.5, 0.6) is 0 Å². The van der Waals surface area contributed by atoms with Crippen molar-refractivity contribution in [3.8, 4) is 0 Å². The maximum Gasteiger partial charge on any atom is 0.191 e. The molecule has 2 aromatic rings. The average molecular weight is 370 g/mol. The fourth-order valence-corrected chi connectivity index (χ4v) is 3.47. The molecule has 1 aromatic heterocycles. The molecular weight excluding hydrogens is 338 g/mol. The van der Waals surface area contributed by atoms with E-state index < -0.39 is 0 Å². The summed E-state index contributed by atoms with van der Waals surface area (Å²) >= 11 is 0. The van der Waals surface area contributed by atoms with Crippen LogP contribution >= 0.6 is 0 Å². The molecule has 2 atom stereocenters. The van der Waals surface area contributed by atoms with Gasteiger partial charge in [0.1, 0.15) is 0 Å². The van der Waals surface area contributed by atoms with Crippen LogP contribution in [0.2, 0.25) is 0 Å². The normalized spacial score (nSPS) is 20.4. The Kier molecular flexibility index (Phi) is 7.71. The predicted molar refractivity (Wildman–Crippen MR) is 109 cm³/mol. The number of aromatic nitrogens is 2. The third kappa shape index (κ3) is 6.10. The molecule has 3 rings (SSSR count). The molecule has 0 spiro atoms. The van der Waals surface area contributed by atoms with Crippen molar-refractivity contribution in [2.24, 2.45) is 10.9 Å². The number of nitrogens with zero attached hydrogens (tertiary/aromatic N) is 3. The van der Waals surface area contributed by atoms with Gasteiger partial charge in [0, 0.05) is 51.1 Å². The lowest BCUT2D eigenvalue weighted by Crippen LogP contribution is -2.38. The van der Waals surface area contributed by atoms with Gasteiger partial charge in [-0.2, -0.15) is 5.10 Å². The van der Waals surface area contributed by atoms with Crippen LogP contribution in [-0.2, 0) is 11.3 Å². The Labute approximate surface area is 162 Å². The first kappa shape index (κ1) is 19.4. The molecule has 0 radical (unpaired) electrons. The SMILES string of the molecule is CCNC(=NCC1CCCOC1c1ccccc1)NCCCn1cccn1. The molecule has 6 nitrogen and oxygen atoms in total. The Morgan fingerprint density at radius 3 is 2.93 bits per heavy atom. The second kappa shape index (κ2) is 10.7. The van der Waals surface area contributed by atoms with Crippen LogP contribution in [0.3, 0.4) is 0 Å². The number of rotatable bonds is 8. The van der Waals surface area contributed by atoms with Gasteiger partial charge in [-0.3, -0.25) is 9.67 Å². The summed E-state index contributed by atoms with van der Waals surface area (Å²) < 4.78 is 8.04. The Bertz CT molecular complexity index is 671. The molecule has 0 aliphatic carbocycles. The maximum atomic E-state index is 6.09. The summed E-state index contributed by atoms with van der Waals surface area (Å²) in [5.41, 5.74) is 1.26. The molecule has 0 amide bonds. The molecular formula is C21H31N5O. The van der Waals surface area contributed by atoms with Crippen LogP contribution in [0, 0.1) is 5.92 Å². The number of aryl methyl sites for hydroxylation is 1. The van der Waals surface area contributed by atoms with Gasteiger partial charge in [-0.15, -0.1) is 0 Å². The predicted octanol–water partition coefficient (Wildman–Crippen LogP) is 3.00. The minimum atomic E-state index is 0.145. The van der Waals surface area contributed by atoms with Crippen molar-refractivity contribution in [1.29, 1.82) is 0 Å². The molecule has 6 heteroatoms. The number of aliphatic imine (C=N–C) groups is 1. The van der Waals surface area contributed by atoms with Gasteiger partial charge in [-0.25, -0.2) is 0 Å². The lowest BCUT2D eigenvalue weighted by Gasteiger charge is -2.31. The number of hydrogen-bond acceptors (Lipinski definition) is 3. The molecule has 1 fully saturated rings. The van der Waals surface area contributed by atoms with E-state index >= 15 is 0 Å². The van der Waals surface area contributed by atoms with Crippen LogP contribution < -0.4 is 10.6 Å². The fraction of sp³-hybridized carbons (Fsp3) is 0.524. The Balaban J connectivity index is 1.52. The molecule has 2 N–H and O–H groups in total. The van der Waals surface area contributed by atoms with Crippen LogP contribution in [0.15, 0.2) is 53.8 Å². The van der Waals surface area contributed by atoms with Gasteiger partial charge >= 0.3 is 0 Å². The quantitative estimate of drug-likeness (QED) is 0.427. The highest BCUT2D eigenvalue weighted by molar-refractivity contribution is 5.79. The van der Waals surface area contributed by atoms with Crippen molar-refractivity contribution >= 4 is 5.96 Å². The Morgan fingerprint density at radius 1 is 1.26 bits per heavy atom. The number of nitrogens with one attached hydrogen (secondary N) is 2. The molecule has 1 aromatic carbocycles. The van der Waals surface area contributed by atoms with E-state index in [0.717, 1.165) is 58.0 Å². The van der Waals surface area contributed by atoms with Gasteiger partial charge in [-0.1, -0.05) is 30.3 Å². The van der Waals surface area contributed by atoms with E-state index in [0.29, 0.717) is 5.92 Å². The number of guanidine groups is 1. The van der Waals surface area contributed by atoms with Crippen LogP contribution in [-0.4, -0.2) is 42.0 Å². The van der Waals surface area contributed by atoms with Crippen molar-refractivity contribution in [3.63, 3.8) is 0 Å². The standard InChI is InChI=1S/C21H31N5O/c1-2-22-21(23-12-7-14-26-15-8-13-25-26)24-17-19-11-6-16-27-20(19)18-9-4-3-5-10-18/h3-5,8-10,13,15,19-20H,2,6-7,11-12,14,16-17H2,1H3,(H2,22,23,24). The molecule has 0 saturated carbocycles. The van der Waals surface area contributed by atoms with Gasteiger partial charge < -0.3 is 15.4 Å². The number of hydrogen-bond donors (Lipinski definition) is 2. The summed E-state index contributed by atoms with van der Waals surface area (Å²) in [6.07, 6.45) is 7.22. The highest BCUT2D eigenvalue weighted by atomic mass is 16.5. The summed E-state index contributed by atoms with van der Waals surface area (Å²) in [5, 5.41) is 11.0. The third-order valence-corrected chi connectivity index (χ3v) is 4.82. The lowest BCUT2D eigenvalue weighted by atomic mass is 9.89. The summed E-state index contributed by atoms with van der Waals surface area (Å²) in [6, 6.07) is 12.5. The van der Waals surface area contributed by atoms with Crippen molar-refractivity contribution in [3.05, 3.63) is 54.4 Å². The van der Waals surface area contributed by atoms with Crippen molar-refractivity contribution in [2.75, 3.05) is 26.2 Å². The van der Waals surface area contributed by atoms with Gasteiger partial charge in [-0.05, 0) is 37.8 Å². The first-order valence-electron chi connectivity index (χ1n) is 10.0. The second-order valence-electron chi connectivity index (χ2n) is 6.87. The van der Waals surface area contributed by atoms with Gasteiger partial charge in [0.25, 0.3) is 0 Å². The first-order chi connectivity index (χ1) is 13.4. The summed E-state index contributed by atoms with van der Waals surface area (Å²) in [7, 11) is 0. The number of ether oxygens (including phenoxy) is 1. The second-order valence-corrected chi connectivity index (χ2v) is 6.87. The summed E-state index contributed by atoms with van der Waals surface area (Å²) in [6.45, 7) is 6.34. The zero-order chi connectivity index (χ0) is 18.7. The highest BCUT2D eigenvalue weighted by Crippen LogP contribution is 2.33. The molecule has 27 heavy (non-hydrogen) atoms. The maximum absolute atomic E-state index is 6.09. The molecule has 1 saturated heterocycles. The van der Waals surface area contributed by atoms with Gasteiger partial charge in [0.2, 0.25) is 0 Å². The van der Waals surface area contributed by atoms with E-state index in [1.165, 1.54) is 5.56 Å². The van der Waals surface area contributed by atoms with E-state index in [-0.39, 0.29) is 6.10 Å². The summed E-state index contributed by atoms with van der Waals surface area (Å²) in [4.78, 5) is 4.84. The minimum Gasteiger partial charge on any atom is -0.373 e. The van der Waals surface area contributed by atoms with E-state index in [4.69, 9.17) is 9.73 Å². The Hall–Kier alpha value is -2.34. The summed E-state index contributed by atoms with van der Waals surface area (Å²) in [5.74, 6) is 1.30. The van der Waals surface area contributed by atoms with Crippen molar-refractivity contribution in [1.82, 2.24) is 20.4 Å². The molecule has 146 valence electrons. The lowest BCUT2D eigenvalue weighted by molar-refractivity contribution is -0.0250. The molecule has 0 bridgehead atoms. The monoisotopic (exact) mass is 369 g/mol. The van der Waals surface area contributed by atoms with Gasteiger partial charge in [0.15, 0.2) is 5.96 Å². The smallest absolute Gasteiger partial charge is 0.191 e. The molecule has 2 heterocycles. The zero-order valence-electron chi connectivity index (χ0n) is 16.2. The molecule has 1 aliphatic heterocycles. The van der Waals surface area contributed by atoms with E-state index in [2.05, 4.69) is 53.0 Å². The van der Waals surface area contributed by atoms with E-state index in [9.17, 15) is 0 Å². The molecule has 2 unspecified atom stereocenters. The number of benzene rings is 1. The fourth-order valence-electron chi connectivity index (χ4n) is 3.47. The third-order valence-electron chi connectivity index (χ3n) is 4.82. The topological polar surface area (TPSA) is 63.5 Å². The first-order valence-corrected chi connectivity index (χ1v) is 10.0. The Morgan fingerprint density at radius 2 is 2.15 bits per heavy atom. The van der Waals surface area contributed by atoms with Crippen molar-refractivity contribution < 1.29 is 4.74 Å². The average Bonchev–Trinajstić information content (AvgIpc) is 3.24. The van der Waals surface area contributed by atoms with Crippen molar-refractivity contribution in [2.45, 2.75) is 38.8 Å². The zero-order valence-corrected chi connectivity index (χ0v) is 16.2. The molecule has 1 aliphatic rings. The van der Waals surface area contributed by atoms with E-state index in [1.54, 1.807) is 0 Å². The van der Waals surface area contributed by atoms with Crippen LogP contribution in [0.4, 0.5) is 0 Å². The minimum absolute atomic E-state index is 0.145. The van der Waals surface area contributed by atoms with E-state index in [1.807, 2.05) is 23.1 Å². The van der Waals surface area contributed by atoms with Crippen LogP contribution in [0.25, 0.3) is 0 Å². The van der Waals surface area contributed by atoms with Crippen LogP contribution in [0.1, 0.15) is 37.9 Å². The van der Waals surface area contributed by atoms with Gasteiger partial charge in [0.05, 0.1) is 6.10 Å².